The Morgan fingerprint density at radius 1 is 1.07 bits per heavy atom. The van der Waals surface area contributed by atoms with Crippen LogP contribution in [0.15, 0.2) is 54.6 Å². The Hall–Kier alpha value is -3.12. The van der Waals surface area contributed by atoms with Gasteiger partial charge in [0.15, 0.2) is 0 Å². The van der Waals surface area contributed by atoms with Gasteiger partial charge in [-0.2, -0.15) is 0 Å². The molecule has 0 aliphatic heterocycles. The number of hydrogen-bond acceptors (Lipinski definition) is 5. The molecule has 0 aliphatic carbocycles. The van der Waals surface area contributed by atoms with Crippen LogP contribution in [-0.4, -0.2) is 23.0 Å². The molecule has 0 atom stereocenters. The molecule has 0 saturated heterocycles. The Bertz CT molecular complexity index is 928. The minimum Gasteiger partial charge on any atom is -0.497 e. The fraction of sp³-hybridized carbons (Fsp3) is 0.150. The summed E-state index contributed by atoms with van der Waals surface area (Å²) in [5, 5.41) is 6.61. The Morgan fingerprint density at radius 2 is 1.78 bits per heavy atom. The fourth-order valence-corrected chi connectivity index (χ4v) is 2.55. The van der Waals surface area contributed by atoms with Gasteiger partial charge in [-0.25, -0.2) is 9.97 Å². The summed E-state index contributed by atoms with van der Waals surface area (Å²) in [4.78, 5) is 21.1. The number of benzene rings is 2. The number of ether oxygens (including phenoxy) is 1. The lowest BCUT2D eigenvalue weighted by molar-refractivity contribution is 0.0945. The maximum absolute atomic E-state index is 12.5. The van der Waals surface area contributed by atoms with Gasteiger partial charge in [0.05, 0.1) is 7.11 Å². The first-order valence-corrected chi connectivity index (χ1v) is 8.71. The van der Waals surface area contributed by atoms with Gasteiger partial charge in [-0.05, 0) is 55.0 Å². The predicted octanol–water partition coefficient (Wildman–Crippen LogP) is 4.12. The first kappa shape index (κ1) is 18.7. The number of aromatic nitrogens is 2. The summed E-state index contributed by atoms with van der Waals surface area (Å²) in [6.45, 7) is 2.21. The number of hydrogen-bond donors (Lipinski definition) is 2. The van der Waals surface area contributed by atoms with E-state index in [1.54, 1.807) is 25.3 Å². The lowest BCUT2D eigenvalue weighted by Crippen LogP contribution is -2.24. The van der Waals surface area contributed by atoms with Gasteiger partial charge in [0.25, 0.3) is 5.91 Å². The molecule has 27 heavy (non-hydrogen) atoms. The average Bonchev–Trinajstić information content (AvgIpc) is 2.67. The average molecular weight is 383 g/mol. The highest BCUT2D eigenvalue weighted by molar-refractivity contribution is 6.30. The molecule has 1 amide bonds. The molecule has 0 fully saturated rings. The molecule has 0 unspecified atom stereocenters. The predicted molar refractivity (Wildman–Crippen MR) is 106 cm³/mol. The summed E-state index contributed by atoms with van der Waals surface area (Å²) in [7, 11) is 1.61. The minimum absolute atomic E-state index is 0.270. The van der Waals surface area contributed by atoms with Gasteiger partial charge in [0.1, 0.15) is 11.4 Å². The quantitative estimate of drug-likeness (QED) is 0.670. The molecule has 138 valence electrons. The maximum Gasteiger partial charge on any atom is 0.270 e. The molecule has 3 aromatic rings. The molecule has 0 aliphatic rings. The number of nitrogens with zero attached hydrogens (tertiary/aromatic N) is 2. The van der Waals surface area contributed by atoms with E-state index in [1.165, 1.54) is 0 Å². The second-order valence-electron chi connectivity index (χ2n) is 5.88. The minimum atomic E-state index is -0.270. The highest BCUT2D eigenvalue weighted by Crippen LogP contribution is 2.18. The van der Waals surface area contributed by atoms with E-state index in [4.69, 9.17) is 16.3 Å². The second kappa shape index (κ2) is 8.51. The van der Waals surface area contributed by atoms with Crippen molar-refractivity contribution in [1.82, 2.24) is 15.3 Å². The third kappa shape index (κ3) is 5.18. The number of anilines is 2. The molecule has 1 heterocycles. The standard InChI is InChI=1S/C20H19ClN4O2/c1-13-11-18(19(26)22-12-14-3-5-15(21)6-4-14)25-20(23-13)24-16-7-9-17(27-2)10-8-16/h3-11H,12H2,1-2H3,(H,22,26)(H,23,24,25). The summed E-state index contributed by atoms with van der Waals surface area (Å²) < 4.78 is 5.14. The van der Waals surface area contributed by atoms with Gasteiger partial charge in [0, 0.05) is 22.9 Å². The fourth-order valence-electron chi connectivity index (χ4n) is 2.42. The van der Waals surface area contributed by atoms with Crippen LogP contribution in [0.25, 0.3) is 0 Å². The van der Waals surface area contributed by atoms with E-state index in [-0.39, 0.29) is 5.91 Å². The lowest BCUT2D eigenvalue weighted by Gasteiger charge is -2.09. The van der Waals surface area contributed by atoms with Crippen LogP contribution in [0.5, 0.6) is 5.75 Å². The van der Waals surface area contributed by atoms with E-state index in [2.05, 4.69) is 20.6 Å². The van der Waals surface area contributed by atoms with Gasteiger partial charge in [0.2, 0.25) is 5.95 Å². The van der Waals surface area contributed by atoms with E-state index in [1.807, 2.05) is 43.3 Å². The Balaban J connectivity index is 1.69. The van der Waals surface area contributed by atoms with Crippen molar-refractivity contribution in [3.05, 3.63) is 76.6 Å². The van der Waals surface area contributed by atoms with E-state index >= 15 is 0 Å². The Labute approximate surface area is 162 Å². The van der Waals surface area contributed by atoms with Crippen LogP contribution in [0.2, 0.25) is 5.02 Å². The molecule has 0 bridgehead atoms. The van der Waals surface area contributed by atoms with E-state index in [9.17, 15) is 4.79 Å². The van der Waals surface area contributed by atoms with Crippen LogP contribution in [-0.2, 0) is 6.54 Å². The number of methoxy groups -OCH3 is 1. The van der Waals surface area contributed by atoms with Crippen molar-refractivity contribution in [3.8, 4) is 5.75 Å². The third-order valence-corrected chi connectivity index (χ3v) is 4.05. The summed E-state index contributed by atoms with van der Waals surface area (Å²) in [6, 6.07) is 16.3. The van der Waals surface area contributed by atoms with Crippen LogP contribution >= 0.6 is 11.6 Å². The van der Waals surface area contributed by atoms with Crippen molar-refractivity contribution in [2.75, 3.05) is 12.4 Å². The Morgan fingerprint density at radius 3 is 2.44 bits per heavy atom. The largest absolute Gasteiger partial charge is 0.497 e. The van der Waals surface area contributed by atoms with Crippen molar-refractivity contribution >= 4 is 29.1 Å². The smallest absolute Gasteiger partial charge is 0.270 e. The molecule has 3 rings (SSSR count). The molecule has 2 aromatic carbocycles. The summed E-state index contributed by atoms with van der Waals surface area (Å²) in [6.07, 6.45) is 0. The molecule has 0 spiro atoms. The monoisotopic (exact) mass is 382 g/mol. The summed E-state index contributed by atoms with van der Waals surface area (Å²) in [5.74, 6) is 0.845. The van der Waals surface area contributed by atoms with E-state index in [0.717, 1.165) is 17.0 Å². The summed E-state index contributed by atoms with van der Waals surface area (Å²) >= 11 is 5.87. The molecule has 6 nitrogen and oxygen atoms in total. The zero-order valence-electron chi connectivity index (χ0n) is 15.0. The van der Waals surface area contributed by atoms with E-state index in [0.29, 0.717) is 28.9 Å². The number of nitrogens with one attached hydrogen (secondary N) is 2. The first-order chi connectivity index (χ1) is 13.0. The van der Waals surface area contributed by atoms with Crippen molar-refractivity contribution in [1.29, 1.82) is 0 Å². The molecule has 0 radical (unpaired) electrons. The number of halogens is 1. The van der Waals surface area contributed by atoms with Crippen LogP contribution in [0, 0.1) is 6.92 Å². The van der Waals surface area contributed by atoms with E-state index < -0.39 is 0 Å². The molecular weight excluding hydrogens is 364 g/mol. The highest BCUT2D eigenvalue weighted by atomic mass is 35.5. The number of amides is 1. The lowest BCUT2D eigenvalue weighted by atomic mass is 10.2. The van der Waals surface area contributed by atoms with Gasteiger partial charge < -0.3 is 15.4 Å². The van der Waals surface area contributed by atoms with Gasteiger partial charge in [-0.1, -0.05) is 23.7 Å². The SMILES string of the molecule is COc1ccc(Nc2nc(C)cc(C(=O)NCc3ccc(Cl)cc3)n2)cc1. The molecule has 1 aromatic heterocycles. The van der Waals surface area contributed by atoms with Gasteiger partial charge in [-0.3, -0.25) is 4.79 Å². The van der Waals surface area contributed by atoms with Crippen molar-refractivity contribution in [3.63, 3.8) is 0 Å². The van der Waals surface area contributed by atoms with Gasteiger partial charge >= 0.3 is 0 Å². The maximum atomic E-state index is 12.5. The normalized spacial score (nSPS) is 10.3. The molecule has 0 saturated carbocycles. The topological polar surface area (TPSA) is 76.1 Å². The number of carbonyl (C=O) groups is 1. The second-order valence-corrected chi connectivity index (χ2v) is 6.32. The highest BCUT2D eigenvalue weighted by Gasteiger charge is 2.11. The zero-order chi connectivity index (χ0) is 19.2. The number of aryl methyl sites for hydroxylation is 1. The van der Waals surface area contributed by atoms with Gasteiger partial charge in [-0.15, -0.1) is 0 Å². The number of carbonyl (C=O) groups excluding carboxylic acids is 1. The van der Waals surface area contributed by atoms with Crippen molar-refractivity contribution in [2.24, 2.45) is 0 Å². The van der Waals surface area contributed by atoms with Crippen molar-refractivity contribution in [2.45, 2.75) is 13.5 Å². The van der Waals surface area contributed by atoms with Crippen LogP contribution < -0.4 is 15.4 Å². The molecular formula is C20H19ClN4O2. The van der Waals surface area contributed by atoms with Crippen molar-refractivity contribution < 1.29 is 9.53 Å². The molecule has 2 N–H and O–H groups in total. The third-order valence-electron chi connectivity index (χ3n) is 3.80. The Kier molecular flexibility index (Phi) is 5.88. The van der Waals surface area contributed by atoms with Crippen LogP contribution in [0.4, 0.5) is 11.6 Å². The number of rotatable bonds is 6. The van der Waals surface area contributed by atoms with Crippen LogP contribution in [0.1, 0.15) is 21.7 Å². The zero-order valence-corrected chi connectivity index (χ0v) is 15.7. The first-order valence-electron chi connectivity index (χ1n) is 8.33. The summed E-state index contributed by atoms with van der Waals surface area (Å²) in [5.41, 5.74) is 2.74. The van der Waals surface area contributed by atoms with Crippen LogP contribution in [0.3, 0.4) is 0 Å². The molecule has 7 heteroatoms.